The summed E-state index contributed by atoms with van der Waals surface area (Å²) in [6.45, 7) is 0.596. The highest BCUT2D eigenvalue weighted by Crippen LogP contribution is 2.31. The smallest absolute Gasteiger partial charge is 0.224 e. The van der Waals surface area contributed by atoms with E-state index in [4.69, 9.17) is 34.8 Å². The van der Waals surface area contributed by atoms with E-state index in [9.17, 15) is 0 Å². The molecule has 0 saturated heterocycles. The minimum Gasteiger partial charge on any atom is -0.350 e. The Labute approximate surface area is 154 Å². The van der Waals surface area contributed by atoms with E-state index in [0.717, 1.165) is 5.56 Å². The molecule has 122 valence electrons. The fourth-order valence-electron chi connectivity index (χ4n) is 2.04. The van der Waals surface area contributed by atoms with E-state index in [0.29, 0.717) is 39.1 Å². The van der Waals surface area contributed by atoms with E-state index in [-0.39, 0.29) is 0 Å². The molecule has 0 aliphatic heterocycles. The van der Waals surface area contributed by atoms with E-state index in [2.05, 4.69) is 20.6 Å². The third-order valence-electron chi connectivity index (χ3n) is 3.23. The Hall–Kier alpha value is -2.01. The standard InChI is InChI=1S/C17H13Cl3N4/c18-12-6-4-11(5-7-12)10-22-17-21-9-8-15(24-17)23-14-3-1-2-13(19)16(14)20/h1-9H,10H2,(H2,21,22,23,24). The number of hydrogen-bond donors (Lipinski definition) is 2. The first-order chi connectivity index (χ1) is 11.6. The molecule has 3 aromatic rings. The fourth-order valence-corrected chi connectivity index (χ4v) is 2.51. The van der Waals surface area contributed by atoms with Gasteiger partial charge >= 0.3 is 0 Å². The number of rotatable bonds is 5. The van der Waals surface area contributed by atoms with Crippen molar-refractivity contribution in [3.63, 3.8) is 0 Å². The molecular formula is C17H13Cl3N4. The summed E-state index contributed by atoms with van der Waals surface area (Å²) < 4.78 is 0. The SMILES string of the molecule is Clc1ccc(CNc2nccc(Nc3cccc(Cl)c3Cl)n2)cc1. The molecule has 1 heterocycles. The fraction of sp³-hybridized carbons (Fsp3) is 0.0588. The van der Waals surface area contributed by atoms with Crippen LogP contribution >= 0.6 is 34.8 Å². The second kappa shape index (κ2) is 7.71. The molecule has 0 amide bonds. The number of halogens is 3. The van der Waals surface area contributed by atoms with Crippen LogP contribution in [0.5, 0.6) is 0 Å². The Bertz CT molecular complexity index is 837. The number of nitrogens with zero attached hydrogens (tertiary/aromatic N) is 2. The number of benzene rings is 2. The van der Waals surface area contributed by atoms with Gasteiger partial charge in [0.15, 0.2) is 0 Å². The minimum atomic E-state index is 0.452. The Balaban J connectivity index is 1.69. The zero-order chi connectivity index (χ0) is 16.9. The Kier molecular flexibility index (Phi) is 5.41. The van der Waals surface area contributed by atoms with Crippen molar-refractivity contribution < 1.29 is 0 Å². The van der Waals surface area contributed by atoms with Gasteiger partial charge in [0.05, 0.1) is 15.7 Å². The van der Waals surface area contributed by atoms with Crippen LogP contribution in [0.4, 0.5) is 17.5 Å². The minimum absolute atomic E-state index is 0.452. The van der Waals surface area contributed by atoms with Crippen molar-refractivity contribution >= 4 is 52.3 Å². The van der Waals surface area contributed by atoms with Crippen molar-refractivity contribution in [3.8, 4) is 0 Å². The van der Waals surface area contributed by atoms with Crippen molar-refractivity contribution in [1.82, 2.24) is 9.97 Å². The van der Waals surface area contributed by atoms with Gasteiger partial charge < -0.3 is 10.6 Å². The summed E-state index contributed by atoms with van der Waals surface area (Å²) in [7, 11) is 0. The molecule has 24 heavy (non-hydrogen) atoms. The van der Waals surface area contributed by atoms with Gasteiger partial charge in [-0.05, 0) is 35.9 Å². The largest absolute Gasteiger partial charge is 0.350 e. The summed E-state index contributed by atoms with van der Waals surface area (Å²) in [4.78, 5) is 8.62. The van der Waals surface area contributed by atoms with Gasteiger partial charge in [-0.1, -0.05) is 53.0 Å². The van der Waals surface area contributed by atoms with Gasteiger partial charge in [0.25, 0.3) is 0 Å². The second-order valence-electron chi connectivity index (χ2n) is 4.97. The predicted octanol–water partition coefficient (Wildman–Crippen LogP) is 5.79. The van der Waals surface area contributed by atoms with Crippen molar-refractivity contribution in [3.05, 3.63) is 75.4 Å². The molecule has 1 aromatic heterocycles. The Morgan fingerprint density at radius 2 is 1.71 bits per heavy atom. The monoisotopic (exact) mass is 378 g/mol. The third kappa shape index (κ3) is 4.29. The van der Waals surface area contributed by atoms with Crippen molar-refractivity contribution in [2.24, 2.45) is 0 Å². The molecule has 0 fully saturated rings. The van der Waals surface area contributed by atoms with Crippen LogP contribution in [0.2, 0.25) is 15.1 Å². The van der Waals surface area contributed by atoms with Crippen molar-refractivity contribution in [2.75, 3.05) is 10.6 Å². The summed E-state index contributed by atoms with van der Waals surface area (Å²) in [5.41, 5.74) is 1.77. The summed E-state index contributed by atoms with van der Waals surface area (Å²) in [6, 6.07) is 14.7. The second-order valence-corrected chi connectivity index (χ2v) is 6.19. The molecule has 0 radical (unpaired) electrons. The van der Waals surface area contributed by atoms with E-state index < -0.39 is 0 Å². The maximum Gasteiger partial charge on any atom is 0.224 e. The van der Waals surface area contributed by atoms with Gasteiger partial charge in [0.2, 0.25) is 5.95 Å². The summed E-state index contributed by atoms with van der Waals surface area (Å²) in [5.74, 6) is 1.13. The number of nitrogens with one attached hydrogen (secondary N) is 2. The van der Waals surface area contributed by atoms with Crippen molar-refractivity contribution in [1.29, 1.82) is 0 Å². The molecule has 0 spiro atoms. The molecule has 7 heteroatoms. The molecule has 2 N–H and O–H groups in total. The van der Waals surface area contributed by atoms with Crippen LogP contribution < -0.4 is 10.6 Å². The van der Waals surface area contributed by atoms with Crippen LogP contribution in [0.25, 0.3) is 0 Å². The van der Waals surface area contributed by atoms with Crippen molar-refractivity contribution in [2.45, 2.75) is 6.54 Å². The van der Waals surface area contributed by atoms with Gasteiger partial charge in [0, 0.05) is 17.8 Å². The molecule has 4 nitrogen and oxygen atoms in total. The van der Waals surface area contributed by atoms with Crippen LogP contribution in [0.3, 0.4) is 0 Å². The normalized spacial score (nSPS) is 10.5. The van der Waals surface area contributed by atoms with Crippen LogP contribution in [-0.2, 0) is 6.54 Å². The van der Waals surface area contributed by atoms with Crippen LogP contribution in [0.15, 0.2) is 54.7 Å². The molecule has 0 atom stereocenters. The predicted molar refractivity (Wildman–Crippen MR) is 101 cm³/mol. The summed E-state index contributed by atoms with van der Waals surface area (Å²) >= 11 is 18.1. The zero-order valence-electron chi connectivity index (χ0n) is 12.4. The molecule has 0 bridgehead atoms. The lowest BCUT2D eigenvalue weighted by atomic mass is 10.2. The number of hydrogen-bond acceptors (Lipinski definition) is 4. The van der Waals surface area contributed by atoms with E-state index in [1.807, 2.05) is 36.4 Å². The highest BCUT2D eigenvalue weighted by atomic mass is 35.5. The molecular weight excluding hydrogens is 367 g/mol. The van der Waals surface area contributed by atoms with Gasteiger partial charge in [-0.25, -0.2) is 4.98 Å². The first kappa shape index (κ1) is 16.8. The first-order valence-corrected chi connectivity index (χ1v) is 8.27. The topological polar surface area (TPSA) is 49.8 Å². The average molecular weight is 380 g/mol. The molecule has 3 rings (SSSR count). The van der Waals surface area contributed by atoms with E-state index >= 15 is 0 Å². The average Bonchev–Trinajstić information content (AvgIpc) is 2.59. The van der Waals surface area contributed by atoms with Gasteiger partial charge in [-0.15, -0.1) is 0 Å². The molecule has 0 saturated carbocycles. The quantitative estimate of drug-likeness (QED) is 0.589. The molecule has 0 aliphatic rings. The zero-order valence-corrected chi connectivity index (χ0v) is 14.7. The lowest BCUT2D eigenvalue weighted by Gasteiger charge is -2.10. The lowest BCUT2D eigenvalue weighted by Crippen LogP contribution is -2.05. The maximum absolute atomic E-state index is 6.17. The Morgan fingerprint density at radius 3 is 2.50 bits per heavy atom. The molecule has 2 aromatic carbocycles. The Morgan fingerprint density at radius 1 is 0.917 bits per heavy atom. The lowest BCUT2D eigenvalue weighted by molar-refractivity contribution is 1.06. The van der Waals surface area contributed by atoms with Crippen LogP contribution in [0, 0.1) is 0 Å². The molecule has 0 aliphatic carbocycles. The van der Waals surface area contributed by atoms with Gasteiger partial charge in [-0.3, -0.25) is 0 Å². The maximum atomic E-state index is 6.17. The molecule has 0 unspecified atom stereocenters. The van der Waals surface area contributed by atoms with Crippen LogP contribution in [-0.4, -0.2) is 9.97 Å². The summed E-state index contributed by atoms with van der Waals surface area (Å²) in [5, 5.41) is 7.95. The number of aromatic nitrogens is 2. The first-order valence-electron chi connectivity index (χ1n) is 7.14. The van der Waals surface area contributed by atoms with E-state index in [1.54, 1.807) is 18.3 Å². The van der Waals surface area contributed by atoms with Gasteiger partial charge in [-0.2, -0.15) is 4.98 Å². The third-order valence-corrected chi connectivity index (χ3v) is 4.30. The van der Waals surface area contributed by atoms with E-state index in [1.165, 1.54) is 0 Å². The summed E-state index contributed by atoms with van der Waals surface area (Å²) in [6.07, 6.45) is 1.66. The number of anilines is 3. The highest BCUT2D eigenvalue weighted by Gasteiger charge is 2.06. The van der Waals surface area contributed by atoms with Gasteiger partial charge in [0.1, 0.15) is 5.82 Å². The van der Waals surface area contributed by atoms with Crippen LogP contribution in [0.1, 0.15) is 5.56 Å². The highest BCUT2D eigenvalue weighted by molar-refractivity contribution is 6.43.